The van der Waals surface area contributed by atoms with Crippen LogP contribution in [0.5, 0.6) is 0 Å². The molecule has 0 radical (unpaired) electrons. The van der Waals surface area contributed by atoms with Gasteiger partial charge < -0.3 is 9.47 Å². The molecule has 0 atom stereocenters. The minimum absolute atomic E-state index is 0.770. The third kappa shape index (κ3) is 1.01. The first kappa shape index (κ1) is 9.31. The van der Waals surface area contributed by atoms with E-state index in [-0.39, 0.29) is 0 Å². The zero-order chi connectivity index (χ0) is 11.7. The summed E-state index contributed by atoms with van der Waals surface area (Å²) in [6, 6.07) is 9.23. The molecular weight excluding hydrogens is 224 g/mol. The Morgan fingerprint density at radius 3 is 1.06 bits per heavy atom. The number of benzene rings is 2. The predicted molar refractivity (Wildman–Crippen MR) is 67.9 cm³/mol. The van der Waals surface area contributed by atoms with Crippen molar-refractivity contribution < 1.29 is 9.47 Å². The first-order valence-electron chi connectivity index (χ1n) is 6.38. The molecule has 1 aliphatic carbocycles. The Kier molecular flexibility index (Phi) is 1.56. The summed E-state index contributed by atoms with van der Waals surface area (Å²) in [5, 5.41) is 0. The number of hydrogen-bond donors (Lipinski definition) is 0. The van der Waals surface area contributed by atoms with E-state index in [9.17, 15) is 0 Å². The quantitative estimate of drug-likeness (QED) is 0.595. The SMILES string of the molecule is c1c2c(cc3c1-c1cc4c(cc1-3)COC4)COC2. The summed E-state index contributed by atoms with van der Waals surface area (Å²) in [5.41, 5.74) is 11.0. The lowest BCUT2D eigenvalue weighted by Crippen LogP contribution is -2.02. The molecule has 2 heterocycles. The highest BCUT2D eigenvalue weighted by atomic mass is 16.5. The smallest absolute Gasteiger partial charge is 0.0725 e. The Hall–Kier alpha value is -1.64. The summed E-state index contributed by atoms with van der Waals surface area (Å²) in [5.74, 6) is 0. The van der Waals surface area contributed by atoms with Crippen LogP contribution >= 0.6 is 0 Å². The van der Waals surface area contributed by atoms with Crippen molar-refractivity contribution in [2.45, 2.75) is 26.4 Å². The molecule has 2 nitrogen and oxygen atoms in total. The van der Waals surface area contributed by atoms with Gasteiger partial charge in [0.05, 0.1) is 26.4 Å². The van der Waals surface area contributed by atoms with E-state index in [1.807, 2.05) is 0 Å². The lowest BCUT2D eigenvalue weighted by Gasteiger charge is -2.26. The van der Waals surface area contributed by atoms with Crippen molar-refractivity contribution in [3.8, 4) is 22.3 Å². The fourth-order valence-electron chi connectivity index (χ4n) is 3.29. The average molecular weight is 236 g/mol. The molecule has 0 unspecified atom stereocenters. The van der Waals surface area contributed by atoms with Gasteiger partial charge in [-0.25, -0.2) is 0 Å². The zero-order valence-electron chi connectivity index (χ0n) is 9.95. The van der Waals surface area contributed by atoms with Crippen LogP contribution in [-0.4, -0.2) is 0 Å². The molecule has 2 aromatic rings. The molecule has 0 saturated heterocycles. The van der Waals surface area contributed by atoms with Gasteiger partial charge in [0, 0.05) is 0 Å². The molecule has 5 rings (SSSR count). The van der Waals surface area contributed by atoms with Crippen LogP contribution in [0.25, 0.3) is 22.3 Å². The Balaban J connectivity index is 1.74. The van der Waals surface area contributed by atoms with E-state index < -0.39 is 0 Å². The average Bonchev–Trinajstić information content (AvgIpc) is 3.02. The molecule has 0 saturated carbocycles. The molecule has 0 bridgehead atoms. The predicted octanol–water partition coefficient (Wildman–Crippen LogP) is 3.39. The van der Waals surface area contributed by atoms with Crippen molar-refractivity contribution in [2.75, 3.05) is 0 Å². The van der Waals surface area contributed by atoms with Crippen molar-refractivity contribution in [2.24, 2.45) is 0 Å². The van der Waals surface area contributed by atoms with Crippen molar-refractivity contribution >= 4 is 0 Å². The maximum Gasteiger partial charge on any atom is 0.0725 e. The molecule has 2 heteroatoms. The molecule has 0 amide bonds. The molecule has 88 valence electrons. The van der Waals surface area contributed by atoms with Crippen molar-refractivity contribution in [3.05, 3.63) is 46.5 Å². The fourth-order valence-corrected chi connectivity index (χ4v) is 3.29. The molecule has 2 aliphatic heterocycles. The van der Waals surface area contributed by atoms with E-state index in [0.29, 0.717) is 0 Å². The Morgan fingerprint density at radius 1 is 0.500 bits per heavy atom. The molecule has 2 aromatic carbocycles. The molecule has 0 spiro atoms. The van der Waals surface area contributed by atoms with Gasteiger partial charge in [-0.05, 0) is 68.8 Å². The van der Waals surface area contributed by atoms with Crippen LogP contribution in [0.3, 0.4) is 0 Å². The topological polar surface area (TPSA) is 18.5 Å². The van der Waals surface area contributed by atoms with E-state index in [4.69, 9.17) is 9.47 Å². The Bertz CT molecular complexity index is 567. The van der Waals surface area contributed by atoms with E-state index in [2.05, 4.69) is 24.3 Å². The third-order valence-corrected chi connectivity index (χ3v) is 4.29. The van der Waals surface area contributed by atoms with Gasteiger partial charge in [0.1, 0.15) is 0 Å². The van der Waals surface area contributed by atoms with Crippen molar-refractivity contribution in [3.63, 3.8) is 0 Å². The van der Waals surface area contributed by atoms with Gasteiger partial charge in [-0.3, -0.25) is 0 Å². The number of ether oxygens (including phenoxy) is 2. The number of hydrogen-bond acceptors (Lipinski definition) is 2. The largest absolute Gasteiger partial charge is 0.372 e. The summed E-state index contributed by atoms with van der Waals surface area (Å²) in [6.07, 6.45) is 0. The first-order chi connectivity index (χ1) is 8.90. The van der Waals surface area contributed by atoms with Crippen LogP contribution in [0, 0.1) is 0 Å². The molecule has 18 heavy (non-hydrogen) atoms. The summed E-state index contributed by atoms with van der Waals surface area (Å²) in [4.78, 5) is 0. The van der Waals surface area contributed by atoms with Crippen LogP contribution in [-0.2, 0) is 35.9 Å². The molecule has 0 aromatic heterocycles. The standard InChI is InChI=1S/C16H12O2/c1-9-5-17-6-10(9)2-14-13(1)15-3-11-7-18-8-12(11)4-16(14)15/h1-4H,5-8H2. The number of rotatable bonds is 0. The molecule has 0 fully saturated rings. The lowest BCUT2D eigenvalue weighted by atomic mass is 9.77. The minimum Gasteiger partial charge on any atom is -0.372 e. The minimum atomic E-state index is 0.770. The summed E-state index contributed by atoms with van der Waals surface area (Å²) in [6.45, 7) is 3.08. The van der Waals surface area contributed by atoms with E-state index >= 15 is 0 Å². The Morgan fingerprint density at radius 2 is 0.778 bits per heavy atom. The van der Waals surface area contributed by atoms with E-state index in [1.165, 1.54) is 44.5 Å². The monoisotopic (exact) mass is 236 g/mol. The van der Waals surface area contributed by atoms with Crippen LogP contribution in [0.15, 0.2) is 24.3 Å². The maximum atomic E-state index is 5.51. The van der Waals surface area contributed by atoms with Crippen LogP contribution in [0.1, 0.15) is 22.3 Å². The van der Waals surface area contributed by atoms with Gasteiger partial charge in [-0.2, -0.15) is 0 Å². The second-order valence-electron chi connectivity index (χ2n) is 5.32. The number of fused-ring (bicyclic) bond motifs is 6. The Labute approximate surface area is 105 Å². The normalized spacial score (nSPS) is 17.8. The van der Waals surface area contributed by atoms with Crippen LogP contribution in [0.2, 0.25) is 0 Å². The summed E-state index contributed by atoms with van der Waals surface area (Å²) in [7, 11) is 0. The first-order valence-corrected chi connectivity index (χ1v) is 6.38. The lowest BCUT2D eigenvalue weighted by molar-refractivity contribution is 0.134. The van der Waals surface area contributed by atoms with Crippen LogP contribution < -0.4 is 0 Å². The van der Waals surface area contributed by atoms with Crippen molar-refractivity contribution in [1.82, 2.24) is 0 Å². The highest BCUT2D eigenvalue weighted by molar-refractivity contribution is 6.03. The van der Waals surface area contributed by atoms with Gasteiger partial charge in [-0.15, -0.1) is 0 Å². The molecule has 3 aliphatic rings. The fraction of sp³-hybridized carbons (Fsp3) is 0.250. The van der Waals surface area contributed by atoms with E-state index in [0.717, 1.165) is 26.4 Å². The van der Waals surface area contributed by atoms with Crippen molar-refractivity contribution in [1.29, 1.82) is 0 Å². The second-order valence-corrected chi connectivity index (χ2v) is 5.32. The highest BCUT2D eigenvalue weighted by Gasteiger charge is 2.28. The van der Waals surface area contributed by atoms with Gasteiger partial charge in [0.15, 0.2) is 0 Å². The second kappa shape index (κ2) is 3.02. The molecule has 0 N–H and O–H groups in total. The van der Waals surface area contributed by atoms with Gasteiger partial charge in [0.25, 0.3) is 0 Å². The summed E-state index contributed by atoms with van der Waals surface area (Å²) >= 11 is 0. The van der Waals surface area contributed by atoms with Gasteiger partial charge >= 0.3 is 0 Å². The summed E-state index contributed by atoms with van der Waals surface area (Å²) < 4.78 is 11.0. The third-order valence-electron chi connectivity index (χ3n) is 4.29. The highest BCUT2D eigenvalue weighted by Crippen LogP contribution is 2.50. The van der Waals surface area contributed by atoms with Gasteiger partial charge in [-0.1, -0.05) is 0 Å². The maximum absolute atomic E-state index is 5.51. The zero-order valence-corrected chi connectivity index (χ0v) is 9.95. The van der Waals surface area contributed by atoms with E-state index in [1.54, 1.807) is 0 Å². The van der Waals surface area contributed by atoms with Crippen LogP contribution in [0.4, 0.5) is 0 Å². The molecular formula is C16H12O2. The van der Waals surface area contributed by atoms with Gasteiger partial charge in [0.2, 0.25) is 0 Å².